The largest absolute Gasteiger partial charge is 0.456 e. The molecule has 3 N–H and O–H groups in total. The van der Waals surface area contributed by atoms with Crippen LogP contribution in [0.1, 0.15) is 52.0 Å². The SMILES string of the molecule is C1=Cc2sc3cc(C4NC(c5ccccc5)NC(c5cccc6c5oc5cc(-c7cccc8c7sc7ccccc78)ccc56)N4)ccc3c2CC1. The Bertz CT molecular complexity index is 2830. The fraction of sp³-hybridized carbons (Fsp3) is 0.111. The summed E-state index contributed by atoms with van der Waals surface area (Å²) in [6.07, 6.45) is 6.54. The molecule has 1 aliphatic carbocycles. The third kappa shape index (κ3) is 4.83. The Balaban J connectivity index is 1.01. The van der Waals surface area contributed by atoms with Crippen LogP contribution >= 0.6 is 22.7 Å². The van der Waals surface area contributed by atoms with Crippen molar-refractivity contribution in [1.82, 2.24) is 16.0 Å². The number of thiophene rings is 2. The number of hydrogen-bond donors (Lipinski definition) is 3. The summed E-state index contributed by atoms with van der Waals surface area (Å²) in [7, 11) is 0. The second kappa shape index (κ2) is 11.7. The lowest BCUT2D eigenvalue weighted by atomic mass is 9.99. The average molecular weight is 696 g/mol. The maximum Gasteiger partial charge on any atom is 0.141 e. The third-order valence-corrected chi connectivity index (χ3v) is 13.1. The summed E-state index contributed by atoms with van der Waals surface area (Å²) in [5.41, 5.74) is 9.25. The van der Waals surface area contributed by atoms with E-state index in [1.807, 2.05) is 22.7 Å². The molecule has 4 nitrogen and oxygen atoms in total. The fourth-order valence-electron chi connectivity index (χ4n) is 8.22. The minimum absolute atomic E-state index is 0.0642. The number of furan rings is 1. The van der Waals surface area contributed by atoms with E-state index >= 15 is 0 Å². The molecular weight excluding hydrogens is 663 g/mol. The summed E-state index contributed by atoms with van der Waals surface area (Å²) in [4.78, 5) is 1.40. The Labute approximate surface area is 303 Å². The molecule has 3 atom stereocenters. The first-order valence-electron chi connectivity index (χ1n) is 17.7. The molecule has 0 radical (unpaired) electrons. The molecule has 0 bridgehead atoms. The fourth-order valence-corrected chi connectivity index (χ4v) is 10.7. The van der Waals surface area contributed by atoms with Gasteiger partial charge in [-0.1, -0.05) is 109 Å². The van der Waals surface area contributed by atoms with Gasteiger partial charge in [0.1, 0.15) is 11.2 Å². The highest BCUT2D eigenvalue weighted by atomic mass is 32.1. The van der Waals surface area contributed by atoms with Crippen molar-refractivity contribution in [2.24, 2.45) is 0 Å². The van der Waals surface area contributed by atoms with E-state index in [1.54, 1.807) is 0 Å². The number of para-hydroxylation sites is 1. The van der Waals surface area contributed by atoms with Crippen LogP contribution in [0.2, 0.25) is 0 Å². The standard InChI is InChI=1S/C45H33N3OS2/c1-2-10-26(11-3-1)43-46-44(28-21-23-33-31-12-4-6-18-38(31)50-40(33)25-28)48-45(47-43)36-17-9-15-34-30-22-20-27(24-37(30)49-41(34)36)29-14-8-16-35-32-13-5-7-19-39(32)51-42(29)35/h1-3,5-11,13-25,43-48H,4,12H2. The number of benzene rings is 6. The van der Waals surface area contributed by atoms with Gasteiger partial charge in [-0.25, -0.2) is 0 Å². The van der Waals surface area contributed by atoms with Gasteiger partial charge in [0.05, 0.1) is 18.5 Å². The topological polar surface area (TPSA) is 49.2 Å². The van der Waals surface area contributed by atoms with Crippen LogP contribution in [0, 0.1) is 0 Å². The molecule has 1 aliphatic heterocycles. The summed E-state index contributed by atoms with van der Waals surface area (Å²) in [5.74, 6) is 0. The summed E-state index contributed by atoms with van der Waals surface area (Å²) in [6.45, 7) is 0. The third-order valence-electron chi connectivity index (χ3n) is 10.7. The van der Waals surface area contributed by atoms with E-state index in [-0.39, 0.29) is 18.5 Å². The monoisotopic (exact) mass is 695 g/mol. The quantitative estimate of drug-likeness (QED) is 0.172. The molecule has 2 aliphatic rings. The van der Waals surface area contributed by atoms with E-state index < -0.39 is 0 Å². The van der Waals surface area contributed by atoms with Crippen molar-refractivity contribution in [2.75, 3.05) is 0 Å². The van der Waals surface area contributed by atoms with Crippen LogP contribution in [0.3, 0.4) is 0 Å². The molecule has 1 saturated heterocycles. The molecular formula is C45H33N3OS2. The Morgan fingerprint density at radius 3 is 2.29 bits per heavy atom. The van der Waals surface area contributed by atoms with Crippen molar-refractivity contribution in [3.63, 3.8) is 0 Å². The maximum atomic E-state index is 6.85. The molecule has 6 aromatic carbocycles. The van der Waals surface area contributed by atoms with Gasteiger partial charge in [0.2, 0.25) is 0 Å². The van der Waals surface area contributed by atoms with Gasteiger partial charge in [0.15, 0.2) is 0 Å². The smallest absolute Gasteiger partial charge is 0.141 e. The lowest BCUT2D eigenvalue weighted by Crippen LogP contribution is -2.54. The lowest BCUT2D eigenvalue weighted by molar-refractivity contribution is 0.203. The van der Waals surface area contributed by atoms with Gasteiger partial charge in [-0.3, -0.25) is 16.0 Å². The summed E-state index contributed by atoms with van der Waals surface area (Å²) >= 11 is 3.77. The molecule has 1 fully saturated rings. The normalized spacial score (nSPS) is 19.1. The van der Waals surface area contributed by atoms with Gasteiger partial charge >= 0.3 is 0 Å². The Morgan fingerprint density at radius 1 is 0.569 bits per heavy atom. The van der Waals surface area contributed by atoms with Crippen molar-refractivity contribution in [1.29, 1.82) is 0 Å². The second-order valence-electron chi connectivity index (χ2n) is 13.7. The second-order valence-corrected chi connectivity index (χ2v) is 15.8. The average Bonchev–Trinajstić information content (AvgIpc) is 3.88. The minimum atomic E-state index is -0.160. The highest BCUT2D eigenvalue weighted by Gasteiger charge is 2.32. The van der Waals surface area contributed by atoms with Gasteiger partial charge in [-0.15, -0.1) is 22.7 Å². The Hall–Kier alpha value is -5.08. The Kier molecular flexibility index (Phi) is 6.82. The van der Waals surface area contributed by atoms with E-state index in [2.05, 4.69) is 155 Å². The lowest BCUT2D eigenvalue weighted by Gasteiger charge is -2.39. The van der Waals surface area contributed by atoms with Crippen LogP contribution < -0.4 is 16.0 Å². The number of nitrogens with one attached hydrogen (secondary N) is 3. The minimum Gasteiger partial charge on any atom is -0.456 e. The first-order valence-corrected chi connectivity index (χ1v) is 19.3. The highest BCUT2D eigenvalue weighted by molar-refractivity contribution is 7.26. The molecule has 11 rings (SSSR count). The van der Waals surface area contributed by atoms with E-state index in [9.17, 15) is 0 Å². The first kappa shape index (κ1) is 29.6. The summed E-state index contributed by atoms with van der Waals surface area (Å²) < 4.78 is 10.8. The summed E-state index contributed by atoms with van der Waals surface area (Å²) in [5, 5.41) is 18.0. The first-order chi connectivity index (χ1) is 25.2. The molecule has 3 aromatic heterocycles. The van der Waals surface area contributed by atoms with E-state index in [0.717, 1.165) is 40.3 Å². The van der Waals surface area contributed by atoms with Crippen molar-refractivity contribution in [3.8, 4) is 11.1 Å². The van der Waals surface area contributed by atoms with Crippen molar-refractivity contribution >= 4 is 80.9 Å². The van der Waals surface area contributed by atoms with E-state index in [4.69, 9.17) is 4.42 Å². The molecule has 0 amide bonds. The van der Waals surface area contributed by atoms with Crippen LogP contribution in [0.15, 0.2) is 138 Å². The van der Waals surface area contributed by atoms with Crippen LogP contribution in [0.4, 0.5) is 0 Å². The molecule has 9 aromatic rings. The van der Waals surface area contributed by atoms with Crippen molar-refractivity contribution in [2.45, 2.75) is 31.3 Å². The number of fused-ring (bicyclic) bond motifs is 9. The van der Waals surface area contributed by atoms with Gasteiger partial charge in [0, 0.05) is 46.1 Å². The maximum absolute atomic E-state index is 6.85. The zero-order valence-electron chi connectivity index (χ0n) is 27.7. The number of hydrogen-bond acceptors (Lipinski definition) is 6. The highest BCUT2D eigenvalue weighted by Crippen LogP contribution is 2.43. The van der Waals surface area contributed by atoms with Crippen molar-refractivity contribution in [3.05, 3.63) is 161 Å². The number of aryl methyl sites for hydroxylation is 1. The molecule has 4 heterocycles. The van der Waals surface area contributed by atoms with Crippen LogP contribution in [-0.4, -0.2) is 0 Å². The summed E-state index contributed by atoms with van der Waals surface area (Å²) in [6, 6.07) is 46.3. The van der Waals surface area contributed by atoms with Gasteiger partial charge < -0.3 is 4.42 Å². The van der Waals surface area contributed by atoms with Crippen LogP contribution in [-0.2, 0) is 6.42 Å². The Morgan fingerprint density at radius 2 is 1.35 bits per heavy atom. The molecule has 6 heteroatoms. The molecule has 246 valence electrons. The predicted molar refractivity (Wildman–Crippen MR) is 215 cm³/mol. The molecule has 51 heavy (non-hydrogen) atoms. The van der Waals surface area contributed by atoms with Crippen LogP contribution in [0.25, 0.3) is 69.4 Å². The van der Waals surface area contributed by atoms with E-state index in [1.165, 1.54) is 63.0 Å². The van der Waals surface area contributed by atoms with Crippen molar-refractivity contribution < 1.29 is 4.42 Å². The molecule has 3 unspecified atom stereocenters. The van der Waals surface area contributed by atoms with E-state index in [0.29, 0.717) is 0 Å². The number of rotatable bonds is 4. The zero-order chi connectivity index (χ0) is 33.5. The predicted octanol–water partition coefficient (Wildman–Crippen LogP) is 12.0. The van der Waals surface area contributed by atoms with Crippen LogP contribution in [0.5, 0.6) is 0 Å². The molecule has 0 saturated carbocycles. The zero-order valence-corrected chi connectivity index (χ0v) is 29.3. The van der Waals surface area contributed by atoms with Gasteiger partial charge in [-0.05, 0) is 76.4 Å². The molecule has 0 spiro atoms. The van der Waals surface area contributed by atoms with Gasteiger partial charge in [0.25, 0.3) is 0 Å². The number of allylic oxidation sites excluding steroid dienone is 1. The van der Waals surface area contributed by atoms with Gasteiger partial charge in [-0.2, -0.15) is 0 Å².